The highest BCUT2D eigenvalue weighted by Gasteiger charge is 2.36. The molecular weight excluding hydrogens is 1050 g/mol. The van der Waals surface area contributed by atoms with Crippen molar-refractivity contribution in [3.63, 3.8) is 0 Å². The fraction of sp³-hybridized carbons (Fsp3) is 0.222. The third kappa shape index (κ3) is 12.8. The van der Waals surface area contributed by atoms with Gasteiger partial charge in [-0.25, -0.2) is 9.59 Å². The first-order valence-electron chi connectivity index (χ1n) is 21.0. The topological polar surface area (TPSA) is 301 Å². The number of nitrogens with one attached hydrogen (secondary N) is 5. The Labute approximate surface area is 411 Å². The molecule has 3 aromatic carbocycles. The molecule has 1 aliphatic carbocycles. The number of aliphatic hydroxyl groups excluding tert-OH is 1. The predicted molar refractivity (Wildman–Crippen MR) is 268 cm³/mol. The fourth-order valence-electron chi connectivity index (χ4n) is 7.57. The molecule has 3 aliphatic rings. The van der Waals surface area contributed by atoms with E-state index in [1.54, 1.807) is 7.28 Å². The number of hydrogen-bond donors (Lipinski definition) is 9. The largest absolute Gasteiger partial charge is 0.508 e. The Bertz CT molecular complexity index is 3180. The van der Waals surface area contributed by atoms with E-state index in [0.29, 0.717) is 16.5 Å². The summed E-state index contributed by atoms with van der Waals surface area (Å²) >= 11 is 7.42. The number of carbonyl (C=O) groups excluding carboxylic acids is 2. The van der Waals surface area contributed by atoms with E-state index in [2.05, 4.69) is 48.8 Å². The van der Waals surface area contributed by atoms with E-state index in [1.165, 1.54) is 60.8 Å². The molecule has 0 saturated carbocycles. The van der Waals surface area contributed by atoms with Gasteiger partial charge in [-0.3, -0.25) is 33.3 Å². The zero-order valence-electron chi connectivity index (χ0n) is 36.0. The van der Waals surface area contributed by atoms with E-state index in [1.807, 2.05) is 24.3 Å². The smallest absolute Gasteiger partial charge is 0.336 e. The van der Waals surface area contributed by atoms with Crippen molar-refractivity contribution in [3.05, 3.63) is 142 Å². The summed E-state index contributed by atoms with van der Waals surface area (Å²) in [6.45, 7) is -0.908. The lowest BCUT2D eigenvalue weighted by molar-refractivity contribution is -0.116. The maximum atomic E-state index is 13.3. The van der Waals surface area contributed by atoms with Crippen LogP contribution in [0.15, 0.2) is 110 Å². The zero-order chi connectivity index (χ0) is 49.4. The van der Waals surface area contributed by atoms with Crippen LogP contribution < -0.4 is 37.9 Å². The van der Waals surface area contributed by atoms with E-state index in [0.717, 1.165) is 26.0 Å². The summed E-state index contributed by atoms with van der Waals surface area (Å²) in [5.74, 6) is -3.09. The van der Waals surface area contributed by atoms with Crippen molar-refractivity contribution in [1.29, 1.82) is 0 Å². The zero-order valence-corrected chi connectivity index (χ0v) is 39.9. The first-order valence-corrected chi connectivity index (χ1v) is 24.2. The van der Waals surface area contributed by atoms with Crippen LogP contribution in [0.4, 0.5) is 5.69 Å². The molecule has 3 heterocycles. The number of anilines is 1. The number of halogens is 1. The normalized spacial score (nSPS) is 16.5. The summed E-state index contributed by atoms with van der Waals surface area (Å²) in [5.41, 5.74) is -0.485. The molecule has 24 heteroatoms. The molecule has 4 aromatic rings. The highest BCUT2D eigenvalue weighted by Crippen LogP contribution is 2.43. The number of benzene rings is 4. The van der Waals surface area contributed by atoms with Crippen LogP contribution in [0.5, 0.6) is 5.75 Å². The minimum absolute atomic E-state index is 0.0183. The lowest BCUT2D eigenvalue weighted by Gasteiger charge is -2.17. The first-order chi connectivity index (χ1) is 33.0. The average Bonchev–Trinajstić information content (AvgIpc) is 3.71. The number of rotatable bonds is 18. The van der Waals surface area contributed by atoms with Crippen LogP contribution in [0, 0.1) is 9.49 Å². The van der Waals surface area contributed by atoms with Gasteiger partial charge in [0.15, 0.2) is 10.5 Å². The molecule has 2 amide bonds. The van der Waals surface area contributed by atoms with Crippen LogP contribution in [0.3, 0.4) is 0 Å². The second kappa shape index (κ2) is 22.3. The van der Waals surface area contributed by atoms with E-state index < -0.39 is 62.2 Å². The van der Waals surface area contributed by atoms with Gasteiger partial charge in [-0.05, 0) is 119 Å². The number of hydrogen-bond acceptors (Lipinski definition) is 13. The van der Waals surface area contributed by atoms with Gasteiger partial charge in [-0.1, -0.05) is 12.4 Å². The third-order valence-corrected chi connectivity index (χ3v) is 13.1. The van der Waals surface area contributed by atoms with Gasteiger partial charge in [0, 0.05) is 68.8 Å². The lowest BCUT2D eigenvalue weighted by Crippen LogP contribution is -2.36. The number of phenols is 1. The fourth-order valence-corrected chi connectivity index (χ4v) is 9.19. The van der Waals surface area contributed by atoms with E-state index in [4.69, 9.17) is 25.9 Å². The van der Waals surface area contributed by atoms with Gasteiger partial charge in [-0.15, -0.1) is 0 Å². The molecule has 2 aliphatic heterocycles. The molecule has 69 heavy (non-hydrogen) atoms. The first kappa shape index (κ1) is 50.4. The van der Waals surface area contributed by atoms with Gasteiger partial charge in [0.25, 0.3) is 11.5 Å². The SMILES string of the molecule is O=C(/C=C/c1cn(C2CC(C[B]COP(=O)(O)CCNC(=S)Nc3cccc(I)c3)C(CO)O2)c(=O)[nH]c1=O)NCNC(=O)c1ccc(C(=O)O)c(-c2c3ccc(=O)cc-3oc3cc(O)ccc23)c1. The molecule has 20 nitrogen and oxygen atoms in total. The number of aromatic hydroxyl groups is 1. The number of ether oxygens (including phenoxy) is 1. The Balaban J connectivity index is 0.925. The number of aromatic nitrogens is 2. The van der Waals surface area contributed by atoms with E-state index in [9.17, 15) is 53.5 Å². The van der Waals surface area contributed by atoms with Gasteiger partial charge in [0.05, 0.1) is 36.7 Å². The number of thiocarbonyl (C=S) groups is 1. The quantitative estimate of drug-likeness (QED) is 0.00855. The van der Waals surface area contributed by atoms with Crippen LogP contribution in [0.1, 0.15) is 38.9 Å². The Hall–Kier alpha value is -6.47. The Morgan fingerprint density at radius 2 is 1.83 bits per heavy atom. The minimum Gasteiger partial charge on any atom is -0.508 e. The molecule has 7 rings (SSSR count). The minimum atomic E-state index is -3.99. The van der Waals surface area contributed by atoms with Crippen molar-refractivity contribution in [2.75, 3.05) is 37.8 Å². The lowest BCUT2D eigenvalue weighted by atomic mass is 9.69. The summed E-state index contributed by atoms with van der Waals surface area (Å²) in [7, 11) is -2.37. The number of carboxylic acids is 1. The summed E-state index contributed by atoms with van der Waals surface area (Å²) in [6, 6.07) is 19.6. The third-order valence-electron chi connectivity index (χ3n) is 10.9. The number of aromatic carboxylic acids is 1. The molecule has 0 spiro atoms. The Morgan fingerprint density at radius 3 is 2.59 bits per heavy atom. The summed E-state index contributed by atoms with van der Waals surface area (Å²) < 4.78 is 31.8. The molecule has 1 saturated heterocycles. The Kier molecular flexibility index (Phi) is 16.3. The monoisotopic (exact) mass is 1090 g/mol. The molecule has 0 bridgehead atoms. The number of nitrogens with zero attached hydrogens (tertiary/aromatic N) is 1. The van der Waals surface area contributed by atoms with Crippen LogP contribution in [-0.4, -0.2) is 98.5 Å². The van der Waals surface area contributed by atoms with Crippen LogP contribution >= 0.6 is 42.4 Å². The summed E-state index contributed by atoms with van der Waals surface area (Å²) in [6.07, 6.45) is 1.99. The number of phenolic OH excluding ortho intramolecular Hbond substituents is 1. The number of carboxylic acid groups (broad SMARTS) is 1. The van der Waals surface area contributed by atoms with Gasteiger partial charge in [-0.2, -0.15) is 0 Å². The summed E-state index contributed by atoms with van der Waals surface area (Å²) in [4.78, 5) is 88.9. The number of aromatic amines is 1. The molecule has 4 unspecified atom stereocenters. The molecule has 1 fully saturated rings. The van der Waals surface area contributed by atoms with Crippen LogP contribution in [-0.2, 0) is 18.6 Å². The average molecular weight is 1090 g/mol. The van der Waals surface area contributed by atoms with Gasteiger partial charge < -0.3 is 55.2 Å². The van der Waals surface area contributed by atoms with Crippen molar-refractivity contribution in [1.82, 2.24) is 25.5 Å². The number of aliphatic hydroxyl groups is 1. The van der Waals surface area contributed by atoms with E-state index >= 15 is 0 Å². The van der Waals surface area contributed by atoms with Gasteiger partial charge in [0.1, 0.15) is 30.6 Å². The van der Waals surface area contributed by atoms with Crippen molar-refractivity contribution in [2.24, 2.45) is 5.92 Å². The van der Waals surface area contributed by atoms with E-state index in [-0.39, 0.29) is 87.8 Å². The molecule has 357 valence electrons. The highest BCUT2D eigenvalue weighted by atomic mass is 127. The molecule has 1 radical (unpaired) electrons. The molecule has 9 N–H and O–H groups in total. The molecule has 4 atom stereocenters. The number of H-pyrrole nitrogens is 1. The Morgan fingerprint density at radius 1 is 1.01 bits per heavy atom. The van der Waals surface area contributed by atoms with Gasteiger partial charge in [0.2, 0.25) is 5.91 Å². The number of carbonyl (C=O) groups is 3. The number of amides is 2. The van der Waals surface area contributed by atoms with Crippen molar-refractivity contribution in [3.8, 4) is 28.2 Å². The van der Waals surface area contributed by atoms with Crippen LogP contribution in [0.25, 0.3) is 39.5 Å². The number of fused-ring (bicyclic) bond motifs is 2. The van der Waals surface area contributed by atoms with Crippen LogP contribution in [0.2, 0.25) is 6.32 Å². The van der Waals surface area contributed by atoms with Crippen molar-refractivity contribution < 1.29 is 52.8 Å². The maximum Gasteiger partial charge on any atom is 0.336 e. The standard InChI is InChI=1S/C45H42BIN6O14PS/c47-27-2-1-3-28(16-27)51-44(69)48-12-13-68(63,64)65-22-46-19-26-15-39(67-37(26)21-54)53-20-25(42(59)52-45(53)62)5-11-38(57)49-23-50-41(58)24-4-8-31(43(60)61)34(14-24)40-32-9-6-29(55)17-35(32)66-36-18-30(56)7-10-33(36)40/h1-11,14,16-18,20,26,37,39,54-55H,12-13,15,19,21-23H2,(H,49,57)(H,50,58)(H,60,61)(H,63,64)(H2,48,51,69)(H,52,59,62)/b11-5+. The highest BCUT2D eigenvalue weighted by molar-refractivity contribution is 14.1. The van der Waals surface area contributed by atoms with Crippen molar-refractivity contribution >= 4 is 95.3 Å². The predicted octanol–water partition coefficient (Wildman–Crippen LogP) is 4.10. The molecule has 1 aromatic heterocycles. The maximum absolute atomic E-state index is 13.3. The second-order valence-corrected chi connectivity index (χ2v) is 19.2. The molecular formula is C45H42BIN6O14PS. The second-order valence-electron chi connectivity index (χ2n) is 15.6. The van der Waals surface area contributed by atoms with Gasteiger partial charge >= 0.3 is 19.3 Å². The van der Waals surface area contributed by atoms with Crippen molar-refractivity contribution in [2.45, 2.75) is 25.1 Å². The summed E-state index contributed by atoms with van der Waals surface area (Å²) in [5, 5.41) is 41.8.